The number of aliphatic hydroxyl groups excluding tert-OH is 11. The molecule has 0 aromatic carbocycles. The summed E-state index contributed by atoms with van der Waals surface area (Å²) in [7, 11) is -4.09. The van der Waals surface area contributed by atoms with E-state index < -0.39 is 207 Å². The van der Waals surface area contributed by atoms with Gasteiger partial charge in [-0.1, -0.05) is 57.9 Å². The number of carbonyl (C=O) groups excluding carboxylic acids is 1. The Morgan fingerprint density at radius 3 is 1.87 bits per heavy atom. The van der Waals surface area contributed by atoms with Crippen LogP contribution in [-0.2, 0) is 76.2 Å². The molecule has 0 radical (unpaired) electrons. The normalized spacial score (nSPS) is 48.6. The zero-order chi connectivity index (χ0) is 67.0. The first kappa shape index (κ1) is 73.2. The van der Waals surface area contributed by atoms with E-state index in [0.717, 1.165) is 31.3 Å². The Kier molecular flexibility index (Phi) is 22.5. The number of carbonyl (C=O) groups is 1. The Morgan fingerprint density at radius 2 is 1.26 bits per heavy atom. The number of fused-ring (bicyclic) bond motifs is 5. The van der Waals surface area contributed by atoms with Crippen LogP contribution in [0.4, 0.5) is 0 Å². The first-order valence-electron chi connectivity index (χ1n) is 31.7. The fourth-order valence-electron chi connectivity index (χ4n) is 17.2. The first-order chi connectivity index (χ1) is 42.5. The van der Waals surface area contributed by atoms with Crippen molar-refractivity contribution in [1.29, 1.82) is 0 Å². The Morgan fingerprint density at radius 1 is 0.681 bits per heavy atom. The molecule has 8 fully saturated rings. The third-order valence-electron chi connectivity index (χ3n) is 22.4. The average Bonchev–Trinajstić information content (AvgIpc) is 1.65. The van der Waals surface area contributed by atoms with E-state index in [-0.39, 0.29) is 34.0 Å². The van der Waals surface area contributed by atoms with Gasteiger partial charge in [0.05, 0.1) is 38.6 Å². The maximum absolute atomic E-state index is 12.6. The summed E-state index contributed by atoms with van der Waals surface area (Å²) in [6.45, 7) is 16.7. The predicted octanol–water partition coefficient (Wildman–Crippen LogP) is -1.10. The van der Waals surface area contributed by atoms with Gasteiger partial charge in [0, 0.05) is 20.5 Å². The molecule has 13 N–H and O–H groups in total. The summed E-state index contributed by atoms with van der Waals surface area (Å²) in [6, 6.07) is 0. The van der Waals surface area contributed by atoms with Gasteiger partial charge in [0.2, 0.25) is 0 Å². The van der Waals surface area contributed by atoms with Crippen LogP contribution in [0.15, 0.2) is 23.3 Å². The van der Waals surface area contributed by atoms with E-state index in [4.69, 9.17) is 61.0 Å². The third kappa shape index (κ3) is 13.9. The van der Waals surface area contributed by atoms with Crippen LogP contribution in [0, 0.1) is 39.4 Å². The van der Waals surface area contributed by atoms with Crippen molar-refractivity contribution >= 4 is 16.4 Å². The topological polar surface area (TPSA) is 434 Å². The number of ether oxygens (including phenoxy) is 12. The zero-order valence-electron chi connectivity index (χ0n) is 53.6. The lowest BCUT2D eigenvalue weighted by atomic mass is 9.40. The van der Waals surface area contributed by atoms with E-state index in [1.165, 1.54) is 26.5 Å². The van der Waals surface area contributed by atoms with Gasteiger partial charge in [-0.05, 0) is 112 Å². The number of aliphatic hydroxyl groups is 12. The van der Waals surface area contributed by atoms with Gasteiger partial charge in [-0.3, -0.25) is 9.35 Å². The molecule has 9 aliphatic rings. The van der Waals surface area contributed by atoms with Crippen molar-refractivity contribution in [2.24, 2.45) is 39.4 Å². The van der Waals surface area contributed by atoms with E-state index in [0.29, 0.717) is 25.7 Å². The number of esters is 1. The van der Waals surface area contributed by atoms with E-state index >= 15 is 0 Å². The van der Waals surface area contributed by atoms with Crippen molar-refractivity contribution in [2.75, 3.05) is 33.5 Å². The van der Waals surface area contributed by atoms with Gasteiger partial charge >= 0.3 is 16.4 Å². The molecule has 0 amide bonds. The minimum Gasteiger partial charge on any atom is -0.459 e. The molecule has 9 rings (SSSR count). The largest absolute Gasteiger partial charge is 0.459 e. The highest BCUT2D eigenvalue weighted by atomic mass is 32.3. The lowest BCUT2D eigenvalue weighted by molar-refractivity contribution is -0.403. The second kappa shape index (κ2) is 28.0. The summed E-state index contributed by atoms with van der Waals surface area (Å²) in [6.07, 6.45) is -32.2. The quantitative estimate of drug-likeness (QED) is 0.0391. The highest BCUT2D eigenvalue weighted by Crippen LogP contribution is 2.74. The minimum absolute atomic E-state index is 0.00266. The van der Waals surface area contributed by atoms with Crippen molar-refractivity contribution in [1.82, 2.24) is 0 Å². The fourth-order valence-corrected chi connectivity index (χ4v) is 17.7. The highest BCUT2D eigenvalue weighted by Gasteiger charge is 2.69. The summed E-state index contributed by atoms with van der Waals surface area (Å²) in [5.41, 5.74) is -0.479. The van der Waals surface area contributed by atoms with Gasteiger partial charge in [-0.2, -0.15) is 8.42 Å². The summed E-state index contributed by atoms with van der Waals surface area (Å²) in [5, 5.41) is 135. The summed E-state index contributed by atoms with van der Waals surface area (Å²) >= 11 is 0. The fraction of sp³-hybridized carbons (Fsp3) is 0.918. The third-order valence-corrected chi connectivity index (χ3v) is 22.9. The van der Waals surface area contributed by atoms with Gasteiger partial charge < -0.3 is 118 Å². The summed E-state index contributed by atoms with van der Waals surface area (Å²) in [4.78, 5) is 12.5. The molecule has 2 unspecified atom stereocenters. The number of rotatable bonds is 20. The molecule has 4 aliphatic carbocycles. The molecular weight excluding hydrogens is 1230 g/mol. The summed E-state index contributed by atoms with van der Waals surface area (Å²) in [5.74, 6) is -0.490. The first-order valence-corrected chi connectivity index (χ1v) is 33.1. The van der Waals surface area contributed by atoms with E-state index in [2.05, 4.69) is 40.7 Å². The van der Waals surface area contributed by atoms with Crippen molar-refractivity contribution in [3.8, 4) is 0 Å². The van der Waals surface area contributed by atoms with Crippen LogP contribution in [0.3, 0.4) is 0 Å². The highest BCUT2D eigenvalue weighted by molar-refractivity contribution is 7.80. The number of hydrogen-bond donors (Lipinski definition) is 13. The molecule has 5 saturated heterocycles. The molecule has 524 valence electrons. The van der Waals surface area contributed by atoms with Gasteiger partial charge in [-0.15, -0.1) is 0 Å². The monoisotopic (exact) mass is 1330 g/mol. The second-order valence-corrected chi connectivity index (χ2v) is 29.5. The van der Waals surface area contributed by atoms with Crippen LogP contribution in [0.1, 0.15) is 121 Å². The van der Waals surface area contributed by atoms with Gasteiger partial charge in [0.1, 0.15) is 115 Å². The van der Waals surface area contributed by atoms with Gasteiger partial charge in [-0.25, -0.2) is 4.18 Å². The zero-order valence-corrected chi connectivity index (χ0v) is 54.4. The maximum Gasteiger partial charge on any atom is 0.397 e. The SMILES string of the molecule is CO[C@@H]1[C@@H](O)[C@H](O[C@@H]2[C@@H](O)[C@H](O[C@H]3[C@H](O)[C@@H](O[C@@H]4OC[C@@H](O)[C@H](O)[C@H]4O)[C@H](O[C@H]4[C@H](OC5CC[C@@]6(C)C(CC=C7[C@@H]6CC[C@]6(C)[C@@H]([C@@](C)(O)[C@@H](CC=C(C)C)OC(C)=O)CC[C@@]76C)C5(C)C)OC[C@@H](OS(=O)(=O)O)[C@@H]4O)O[C@@H]3C)O[C@H](CO)[C@H]2O)O[C@H](CO)[C@H]1O. The molecule has 3 saturated carbocycles. The molecule has 0 spiro atoms. The Balaban J connectivity index is 0.972. The lowest BCUT2D eigenvalue weighted by Gasteiger charge is -2.65. The van der Waals surface area contributed by atoms with Crippen LogP contribution in [0.5, 0.6) is 0 Å². The maximum atomic E-state index is 12.6. The average molecular weight is 1330 g/mol. The number of hydrogen-bond acceptors (Lipinski definition) is 28. The van der Waals surface area contributed by atoms with Crippen molar-refractivity contribution in [2.45, 2.75) is 280 Å². The molecule has 5 aliphatic heterocycles. The molecule has 0 aromatic rings. The van der Waals surface area contributed by atoms with E-state index in [1.807, 2.05) is 26.8 Å². The molecule has 0 bridgehead atoms. The summed E-state index contributed by atoms with van der Waals surface area (Å²) < 4.78 is 112. The molecule has 5 heterocycles. The van der Waals surface area contributed by atoms with Crippen molar-refractivity contribution in [3.05, 3.63) is 23.3 Å². The van der Waals surface area contributed by atoms with Gasteiger partial charge in [0.15, 0.2) is 31.5 Å². The van der Waals surface area contributed by atoms with Crippen LogP contribution in [0.2, 0.25) is 0 Å². The van der Waals surface area contributed by atoms with Crippen molar-refractivity contribution in [3.63, 3.8) is 0 Å². The minimum atomic E-state index is -5.26. The Bertz CT molecular complexity index is 2660. The molecule has 32 atom stereocenters. The Labute approximate surface area is 530 Å². The van der Waals surface area contributed by atoms with E-state index in [9.17, 15) is 79.0 Å². The van der Waals surface area contributed by atoms with Gasteiger partial charge in [0.25, 0.3) is 0 Å². The number of methoxy groups -OCH3 is 1. The lowest BCUT2D eigenvalue weighted by Crippen LogP contribution is -2.68. The second-order valence-electron chi connectivity index (χ2n) is 28.4. The predicted molar refractivity (Wildman–Crippen MR) is 310 cm³/mol. The Hall–Kier alpha value is -2.10. The molecule has 30 heteroatoms. The van der Waals surface area contributed by atoms with Crippen LogP contribution < -0.4 is 0 Å². The molecule has 29 nitrogen and oxygen atoms in total. The molecule has 0 aromatic heterocycles. The smallest absolute Gasteiger partial charge is 0.397 e. The standard InChI is InChI=1S/C61H100O29S/c1-26(2)12-15-38(82-28(4)64)61(10,74)36-17-21-59(8)30-13-14-35-57(5,6)37(18-19-58(35,7)29(30)16-20-60(36,59)9)85-55-50(42(69)34(25-80-55)90-91(75,76)77)89-56-51(88-52-43(70)39(66)31(65)24-79-52)44(71)47(27(3)81-56)86-54-46(73)49(41(68)33(23-63)84-54)87-53-45(72)48(78-11)40(67)32(22-62)83-53/h12-13,27,29,31-56,62-63,65-74H,14-25H2,1-11H3,(H,75,76,77)/t27-,29+,31-,32-,33-,34-,35?,36+,37?,38-,39+,40-,41-,42+,43-,44+,45-,46-,47-,48+,49+,50-,51-,52+,53+,54+,55+,56+,58-,59+,60-,61-/m1/s1. The van der Waals surface area contributed by atoms with Crippen molar-refractivity contribution < 1.29 is 140 Å². The number of allylic oxidation sites excluding steroid dienone is 3. The van der Waals surface area contributed by atoms with Crippen LogP contribution in [-0.4, -0.2) is 273 Å². The van der Waals surface area contributed by atoms with Crippen LogP contribution >= 0.6 is 0 Å². The molecular formula is C61H100O29S. The molecule has 91 heavy (non-hydrogen) atoms. The van der Waals surface area contributed by atoms with Crippen LogP contribution in [0.25, 0.3) is 0 Å². The van der Waals surface area contributed by atoms with E-state index in [1.54, 1.807) is 0 Å².